The van der Waals surface area contributed by atoms with Gasteiger partial charge in [-0.25, -0.2) is 9.98 Å². The first-order valence-corrected chi connectivity index (χ1v) is 8.97. The SMILES string of the molecule is CCNC(=NCc1ccc(OC2CCCC2)nc1)NCC1CC1. The second-order valence-corrected chi connectivity index (χ2v) is 6.55. The van der Waals surface area contributed by atoms with E-state index in [-0.39, 0.29) is 0 Å². The zero-order valence-electron chi connectivity index (χ0n) is 14.1. The summed E-state index contributed by atoms with van der Waals surface area (Å²) < 4.78 is 5.89. The average Bonchev–Trinajstić information content (AvgIpc) is 3.27. The molecule has 3 rings (SSSR count). The van der Waals surface area contributed by atoms with E-state index in [4.69, 9.17) is 4.74 Å². The zero-order chi connectivity index (χ0) is 15.9. The van der Waals surface area contributed by atoms with Crippen LogP contribution in [-0.4, -0.2) is 30.1 Å². The number of hydrogen-bond donors (Lipinski definition) is 2. The summed E-state index contributed by atoms with van der Waals surface area (Å²) in [6.07, 6.45) is 9.80. The Hall–Kier alpha value is -1.78. The first-order chi connectivity index (χ1) is 11.3. The van der Waals surface area contributed by atoms with E-state index in [2.05, 4.69) is 33.6 Å². The monoisotopic (exact) mass is 316 g/mol. The Kier molecular flexibility index (Phi) is 5.72. The van der Waals surface area contributed by atoms with E-state index in [1.165, 1.54) is 25.7 Å². The lowest BCUT2D eigenvalue weighted by Crippen LogP contribution is -2.38. The van der Waals surface area contributed by atoms with Gasteiger partial charge in [0.1, 0.15) is 6.10 Å². The third kappa shape index (κ3) is 5.41. The van der Waals surface area contributed by atoms with Gasteiger partial charge in [-0.3, -0.25) is 0 Å². The lowest BCUT2D eigenvalue weighted by Gasteiger charge is -2.12. The second-order valence-electron chi connectivity index (χ2n) is 6.55. The summed E-state index contributed by atoms with van der Waals surface area (Å²) >= 11 is 0. The van der Waals surface area contributed by atoms with E-state index in [9.17, 15) is 0 Å². The van der Waals surface area contributed by atoms with Crippen LogP contribution < -0.4 is 15.4 Å². The molecule has 2 aliphatic carbocycles. The van der Waals surface area contributed by atoms with Crippen LogP contribution >= 0.6 is 0 Å². The Bertz CT molecular complexity index is 504. The van der Waals surface area contributed by atoms with Gasteiger partial charge in [0.2, 0.25) is 5.88 Å². The first-order valence-electron chi connectivity index (χ1n) is 8.97. The molecule has 5 heteroatoms. The topological polar surface area (TPSA) is 58.5 Å². The summed E-state index contributed by atoms with van der Waals surface area (Å²) in [5, 5.41) is 6.70. The van der Waals surface area contributed by atoms with Crippen LogP contribution in [0.15, 0.2) is 23.3 Å². The maximum atomic E-state index is 5.89. The minimum absolute atomic E-state index is 0.360. The molecule has 2 fully saturated rings. The number of pyridine rings is 1. The summed E-state index contributed by atoms with van der Waals surface area (Å²) in [7, 11) is 0. The predicted molar refractivity (Wildman–Crippen MR) is 92.7 cm³/mol. The number of hydrogen-bond acceptors (Lipinski definition) is 3. The molecule has 0 aliphatic heterocycles. The van der Waals surface area contributed by atoms with E-state index >= 15 is 0 Å². The van der Waals surface area contributed by atoms with Crippen molar-refractivity contribution in [3.05, 3.63) is 23.9 Å². The molecule has 1 aromatic heterocycles. The molecule has 23 heavy (non-hydrogen) atoms. The Morgan fingerprint density at radius 2 is 2.04 bits per heavy atom. The van der Waals surface area contributed by atoms with Gasteiger partial charge in [-0.2, -0.15) is 0 Å². The number of guanidine groups is 1. The molecule has 2 saturated carbocycles. The maximum Gasteiger partial charge on any atom is 0.213 e. The van der Waals surface area contributed by atoms with Crippen LogP contribution in [0.4, 0.5) is 0 Å². The normalized spacial score (nSPS) is 18.9. The Labute approximate surface area is 138 Å². The molecule has 0 aromatic carbocycles. The summed E-state index contributed by atoms with van der Waals surface area (Å²) in [6, 6.07) is 4.03. The third-order valence-corrected chi connectivity index (χ3v) is 4.41. The van der Waals surface area contributed by atoms with Crippen LogP contribution in [0.25, 0.3) is 0 Å². The van der Waals surface area contributed by atoms with Crippen LogP contribution in [0.5, 0.6) is 5.88 Å². The quantitative estimate of drug-likeness (QED) is 0.600. The lowest BCUT2D eigenvalue weighted by molar-refractivity contribution is 0.201. The minimum Gasteiger partial charge on any atom is -0.474 e. The molecule has 2 N–H and O–H groups in total. The first kappa shape index (κ1) is 16.1. The van der Waals surface area contributed by atoms with Crippen LogP contribution in [0.1, 0.15) is 51.0 Å². The van der Waals surface area contributed by atoms with Crippen molar-refractivity contribution in [3.63, 3.8) is 0 Å². The van der Waals surface area contributed by atoms with Gasteiger partial charge in [-0.15, -0.1) is 0 Å². The van der Waals surface area contributed by atoms with E-state index < -0.39 is 0 Å². The molecule has 5 nitrogen and oxygen atoms in total. The third-order valence-electron chi connectivity index (χ3n) is 4.41. The van der Waals surface area contributed by atoms with Crippen LogP contribution in [-0.2, 0) is 6.54 Å². The number of aliphatic imine (C=N–C) groups is 1. The van der Waals surface area contributed by atoms with Crippen molar-refractivity contribution in [2.24, 2.45) is 10.9 Å². The van der Waals surface area contributed by atoms with Gasteiger partial charge in [0.25, 0.3) is 0 Å². The second kappa shape index (κ2) is 8.18. The highest BCUT2D eigenvalue weighted by Gasteiger charge is 2.21. The van der Waals surface area contributed by atoms with Crippen molar-refractivity contribution in [1.29, 1.82) is 0 Å². The van der Waals surface area contributed by atoms with Crippen molar-refractivity contribution in [3.8, 4) is 5.88 Å². The molecule has 126 valence electrons. The summed E-state index contributed by atoms with van der Waals surface area (Å²) in [5.41, 5.74) is 1.10. The fourth-order valence-electron chi connectivity index (χ4n) is 2.83. The highest BCUT2D eigenvalue weighted by atomic mass is 16.5. The zero-order valence-corrected chi connectivity index (χ0v) is 14.1. The molecule has 0 unspecified atom stereocenters. The standard InChI is InChI=1S/C18H28N4O/c1-2-19-18(21-11-14-7-8-14)22-13-15-9-10-17(20-12-15)23-16-5-3-4-6-16/h9-10,12,14,16H,2-8,11,13H2,1H3,(H2,19,21,22). The fourth-order valence-corrected chi connectivity index (χ4v) is 2.83. The number of nitrogens with one attached hydrogen (secondary N) is 2. The average molecular weight is 316 g/mol. The summed E-state index contributed by atoms with van der Waals surface area (Å²) in [4.78, 5) is 9.05. The molecule has 0 atom stereocenters. The van der Waals surface area contributed by atoms with Gasteiger partial charge in [0.05, 0.1) is 6.54 Å². The molecule has 0 saturated heterocycles. The maximum absolute atomic E-state index is 5.89. The lowest BCUT2D eigenvalue weighted by atomic mass is 10.3. The Morgan fingerprint density at radius 1 is 1.22 bits per heavy atom. The number of aromatic nitrogens is 1. The van der Waals surface area contributed by atoms with Gasteiger partial charge in [0, 0.05) is 25.4 Å². The Morgan fingerprint density at radius 3 is 2.70 bits per heavy atom. The smallest absolute Gasteiger partial charge is 0.213 e. The molecule has 0 amide bonds. The predicted octanol–water partition coefficient (Wildman–Crippen LogP) is 2.87. The van der Waals surface area contributed by atoms with E-state index in [0.29, 0.717) is 12.6 Å². The fraction of sp³-hybridized carbons (Fsp3) is 0.667. The van der Waals surface area contributed by atoms with Crippen molar-refractivity contribution >= 4 is 5.96 Å². The number of ether oxygens (including phenoxy) is 1. The molecular weight excluding hydrogens is 288 g/mol. The highest BCUT2D eigenvalue weighted by molar-refractivity contribution is 5.79. The molecular formula is C18H28N4O. The van der Waals surface area contributed by atoms with Crippen LogP contribution in [0.3, 0.4) is 0 Å². The summed E-state index contributed by atoms with van der Waals surface area (Å²) in [6.45, 7) is 4.63. The van der Waals surface area contributed by atoms with Crippen LogP contribution in [0, 0.1) is 5.92 Å². The van der Waals surface area contributed by atoms with Crippen molar-refractivity contribution in [2.45, 2.75) is 58.1 Å². The van der Waals surface area contributed by atoms with Gasteiger partial charge in [-0.1, -0.05) is 6.07 Å². The number of rotatable bonds is 7. The van der Waals surface area contributed by atoms with E-state index in [1.54, 1.807) is 0 Å². The van der Waals surface area contributed by atoms with Gasteiger partial charge in [-0.05, 0) is 56.9 Å². The molecule has 1 heterocycles. The van der Waals surface area contributed by atoms with Gasteiger partial charge < -0.3 is 15.4 Å². The number of nitrogens with zero attached hydrogens (tertiary/aromatic N) is 2. The summed E-state index contributed by atoms with van der Waals surface area (Å²) in [5.74, 6) is 2.47. The van der Waals surface area contributed by atoms with E-state index in [1.807, 2.05) is 12.3 Å². The van der Waals surface area contributed by atoms with Gasteiger partial charge >= 0.3 is 0 Å². The molecule has 0 bridgehead atoms. The van der Waals surface area contributed by atoms with Crippen LogP contribution in [0.2, 0.25) is 0 Å². The largest absolute Gasteiger partial charge is 0.474 e. The molecule has 1 aromatic rings. The Balaban J connectivity index is 1.49. The molecule has 0 radical (unpaired) electrons. The van der Waals surface area contributed by atoms with E-state index in [0.717, 1.165) is 49.3 Å². The highest BCUT2D eigenvalue weighted by Crippen LogP contribution is 2.27. The van der Waals surface area contributed by atoms with Crippen molar-refractivity contribution in [2.75, 3.05) is 13.1 Å². The minimum atomic E-state index is 0.360. The van der Waals surface area contributed by atoms with Crippen molar-refractivity contribution < 1.29 is 4.74 Å². The van der Waals surface area contributed by atoms with Crippen molar-refractivity contribution in [1.82, 2.24) is 15.6 Å². The molecule has 0 spiro atoms. The molecule has 2 aliphatic rings. The van der Waals surface area contributed by atoms with Gasteiger partial charge in [0.15, 0.2) is 5.96 Å².